The van der Waals surface area contributed by atoms with Crippen molar-refractivity contribution in [2.75, 3.05) is 5.43 Å². The van der Waals surface area contributed by atoms with Crippen LogP contribution in [0.15, 0.2) is 67.1 Å². The fourth-order valence-corrected chi connectivity index (χ4v) is 1.81. The van der Waals surface area contributed by atoms with Crippen LogP contribution in [-0.4, -0.2) is 20.8 Å². The lowest BCUT2D eigenvalue weighted by molar-refractivity contribution is 0.100. The third-order valence-corrected chi connectivity index (χ3v) is 2.80. The zero-order chi connectivity index (χ0) is 13.8. The van der Waals surface area contributed by atoms with Gasteiger partial charge in [-0.3, -0.25) is 9.78 Å². The molecule has 1 amide bonds. The molecule has 3 rings (SSSR count). The van der Waals surface area contributed by atoms with Gasteiger partial charge in [0.15, 0.2) is 0 Å². The van der Waals surface area contributed by atoms with E-state index in [1.54, 1.807) is 24.5 Å². The van der Waals surface area contributed by atoms with E-state index in [1.807, 2.05) is 36.4 Å². The normalized spacial score (nSPS) is 10.2. The summed E-state index contributed by atoms with van der Waals surface area (Å²) in [6.45, 7) is 0. The van der Waals surface area contributed by atoms with Crippen molar-refractivity contribution in [3.8, 4) is 11.3 Å². The molecule has 2 heterocycles. The number of nitrogens with zero attached hydrogens (tertiary/aromatic N) is 3. The van der Waals surface area contributed by atoms with Crippen LogP contribution < -0.4 is 5.43 Å². The van der Waals surface area contributed by atoms with Crippen molar-refractivity contribution in [3.63, 3.8) is 0 Å². The zero-order valence-electron chi connectivity index (χ0n) is 10.6. The molecule has 5 nitrogen and oxygen atoms in total. The summed E-state index contributed by atoms with van der Waals surface area (Å²) in [5.41, 5.74) is 4.97. The van der Waals surface area contributed by atoms with E-state index < -0.39 is 0 Å². The van der Waals surface area contributed by atoms with Crippen molar-refractivity contribution in [1.82, 2.24) is 14.9 Å². The quantitative estimate of drug-likeness (QED) is 0.789. The third-order valence-electron chi connectivity index (χ3n) is 2.80. The topological polar surface area (TPSA) is 59.8 Å². The van der Waals surface area contributed by atoms with Gasteiger partial charge in [0, 0.05) is 24.2 Å². The van der Waals surface area contributed by atoms with Gasteiger partial charge in [0.2, 0.25) is 0 Å². The molecule has 0 aliphatic carbocycles. The molecule has 20 heavy (non-hydrogen) atoms. The summed E-state index contributed by atoms with van der Waals surface area (Å²) >= 11 is 0. The van der Waals surface area contributed by atoms with Crippen molar-refractivity contribution >= 4 is 5.91 Å². The van der Waals surface area contributed by atoms with Crippen LogP contribution >= 0.6 is 0 Å². The molecule has 0 radical (unpaired) electrons. The van der Waals surface area contributed by atoms with Gasteiger partial charge in [0.05, 0.1) is 11.3 Å². The molecule has 3 aromatic rings. The van der Waals surface area contributed by atoms with Gasteiger partial charge in [-0.2, -0.15) is 9.89 Å². The van der Waals surface area contributed by atoms with Gasteiger partial charge in [-0.1, -0.05) is 30.3 Å². The predicted molar refractivity (Wildman–Crippen MR) is 75.6 cm³/mol. The highest BCUT2D eigenvalue weighted by Crippen LogP contribution is 2.15. The Morgan fingerprint density at radius 3 is 2.65 bits per heavy atom. The first-order chi connectivity index (χ1) is 9.83. The van der Waals surface area contributed by atoms with Crippen molar-refractivity contribution in [2.45, 2.75) is 0 Å². The Kier molecular flexibility index (Phi) is 3.24. The molecule has 0 saturated heterocycles. The number of hydrogen-bond acceptors (Lipinski definition) is 3. The minimum absolute atomic E-state index is 0.249. The van der Waals surface area contributed by atoms with Gasteiger partial charge in [0.25, 0.3) is 5.91 Å². The fourth-order valence-electron chi connectivity index (χ4n) is 1.81. The maximum atomic E-state index is 11.9. The Hall–Kier alpha value is -2.95. The molecule has 0 bridgehead atoms. The summed E-state index contributed by atoms with van der Waals surface area (Å²) in [5.74, 6) is -0.249. The second-order valence-corrected chi connectivity index (χ2v) is 4.19. The first kappa shape index (κ1) is 12.1. The summed E-state index contributed by atoms with van der Waals surface area (Å²) in [7, 11) is 0. The van der Waals surface area contributed by atoms with Gasteiger partial charge in [-0.15, -0.1) is 0 Å². The highest BCUT2D eigenvalue weighted by atomic mass is 16.2. The number of carbonyl (C=O) groups excluding carboxylic acids is 1. The molecule has 0 unspecified atom stereocenters. The van der Waals surface area contributed by atoms with E-state index in [9.17, 15) is 4.79 Å². The van der Waals surface area contributed by atoms with E-state index in [0.717, 1.165) is 11.3 Å². The minimum atomic E-state index is -0.249. The molecule has 98 valence electrons. The maximum Gasteiger partial charge on any atom is 0.272 e. The van der Waals surface area contributed by atoms with Gasteiger partial charge in [-0.05, 0) is 18.2 Å². The fraction of sp³-hybridized carbons (Fsp3) is 0. The molecule has 0 atom stereocenters. The predicted octanol–water partition coefficient (Wildman–Crippen LogP) is 2.33. The van der Waals surface area contributed by atoms with Crippen molar-refractivity contribution < 1.29 is 4.79 Å². The van der Waals surface area contributed by atoms with Gasteiger partial charge < -0.3 is 0 Å². The lowest BCUT2D eigenvalue weighted by atomic mass is 10.2. The van der Waals surface area contributed by atoms with Crippen LogP contribution in [0.4, 0.5) is 0 Å². The molecule has 0 aliphatic heterocycles. The molecule has 5 heteroatoms. The summed E-state index contributed by atoms with van der Waals surface area (Å²) in [5, 5.41) is 4.31. The number of pyridine rings is 1. The molecular weight excluding hydrogens is 252 g/mol. The standard InChI is InChI=1S/C15H12N4O/c20-15(13-7-4-9-16-11-13)18-19-10-8-14(17-19)12-5-2-1-3-6-12/h1-11H,(H,18,20). The van der Waals surface area contributed by atoms with Crippen LogP contribution in [-0.2, 0) is 0 Å². The SMILES string of the molecule is O=C(Nn1ccc(-c2ccccc2)n1)c1cccnc1. The summed E-state index contributed by atoms with van der Waals surface area (Å²) < 4.78 is 0. The molecule has 2 aromatic heterocycles. The van der Waals surface area contributed by atoms with Crippen molar-refractivity contribution in [3.05, 3.63) is 72.7 Å². The minimum Gasteiger partial charge on any atom is -0.267 e. The van der Waals surface area contributed by atoms with Crippen LogP contribution in [0.1, 0.15) is 10.4 Å². The lowest BCUT2D eigenvalue weighted by Crippen LogP contribution is -2.23. The Labute approximate surface area is 115 Å². The Balaban J connectivity index is 1.77. The number of rotatable bonds is 3. The molecule has 0 saturated carbocycles. The summed E-state index contributed by atoms with van der Waals surface area (Å²) in [6.07, 6.45) is 4.84. The zero-order valence-corrected chi connectivity index (χ0v) is 10.6. The number of amides is 1. The second-order valence-electron chi connectivity index (χ2n) is 4.19. The van der Waals surface area contributed by atoms with Crippen molar-refractivity contribution in [1.29, 1.82) is 0 Å². The molecule has 0 aliphatic rings. The monoisotopic (exact) mass is 264 g/mol. The molecule has 0 spiro atoms. The number of nitrogens with one attached hydrogen (secondary N) is 1. The molecule has 1 aromatic carbocycles. The average Bonchev–Trinajstić information content (AvgIpc) is 2.97. The van der Waals surface area contributed by atoms with E-state index in [-0.39, 0.29) is 5.91 Å². The van der Waals surface area contributed by atoms with Crippen LogP contribution in [0, 0.1) is 0 Å². The Morgan fingerprint density at radius 1 is 1.05 bits per heavy atom. The van der Waals surface area contributed by atoms with Gasteiger partial charge in [-0.25, -0.2) is 5.43 Å². The molecular formula is C15H12N4O. The van der Waals surface area contributed by atoms with Crippen LogP contribution in [0.25, 0.3) is 11.3 Å². The smallest absolute Gasteiger partial charge is 0.267 e. The van der Waals surface area contributed by atoms with E-state index in [0.29, 0.717) is 5.56 Å². The lowest BCUT2D eigenvalue weighted by Gasteiger charge is -2.04. The van der Waals surface area contributed by atoms with Crippen LogP contribution in [0.3, 0.4) is 0 Å². The largest absolute Gasteiger partial charge is 0.272 e. The number of hydrogen-bond donors (Lipinski definition) is 1. The highest BCUT2D eigenvalue weighted by Gasteiger charge is 2.07. The molecule has 1 N–H and O–H groups in total. The Bertz CT molecular complexity index is 707. The second kappa shape index (κ2) is 5.36. The average molecular weight is 264 g/mol. The first-order valence-electron chi connectivity index (χ1n) is 6.15. The van der Waals surface area contributed by atoms with Crippen LogP contribution in [0.5, 0.6) is 0 Å². The van der Waals surface area contributed by atoms with Gasteiger partial charge in [0.1, 0.15) is 0 Å². The number of benzene rings is 1. The van der Waals surface area contributed by atoms with E-state index in [4.69, 9.17) is 0 Å². The van der Waals surface area contributed by atoms with E-state index in [1.165, 1.54) is 11.0 Å². The summed E-state index contributed by atoms with van der Waals surface area (Å²) in [4.78, 5) is 17.3. The number of aromatic nitrogens is 3. The number of carbonyl (C=O) groups is 1. The van der Waals surface area contributed by atoms with Crippen molar-refractivity contribution in [2.24, 2.45) is 0 Å². The van der Waals surface area contributed by atoms with E-state index >= 15 is 0 Å². The summed E-state index contributed by atoms with van der Waals surface area (Å²) in [6, 6.07) is 15.0. The van der Waals surface area contributed by atoms with Crippen LogP contribution in [0.2, 0.25) is 0 Å². The first-order valence-corrected chi connectivity index (χ1v) is 6.15. The maximum absolute atomic E-state index is 11.9. The highest BCUT2D eigenvalue weighted by molar-refractivity contribution is 5.99. The molecule has 0 fully saturated rings. The van der Waals surface area contributed by atoms with Gasteiger partial charge >= 0.3 is 0 Å². The third kappa shape index (κ3) is 2.56. The van der Waals surface area contributed by atoms with E-state index in [2.05, 4.69) is 15.5 Å². The Morgan fingerprint density at radius 2 is 1.90 bits per heavy atom.